The van der Waals surface area contributed by atoms with E-state index in [1.54, 1.807) is 4.68 Å². The van der Waals surface area contributed by atoms with Gasteiger partial charge < -0.3 is 15.2 Å². The van der Waals surface area contributed by atoms with Crippen molar-refractivity contribution in [3.05, 3.63) is 18.0 Å². The molecule has 0 amide bonds. The molecule has 1 aliphatic heterocycles. The number of aromatic nitrogens is 2. The Morgan fingerprint density at radius 1 is 1.67 bits per heavy atom. The van der Waals surface area contributed by atoms with Crippen molar-refractivity contribution in [3.8, 4) is 0 Å². The Kier molecular flexibility index (Phi) is 4.33. The van der Waals surface area contributed by atoms with E-state index in [-0.39, 0.29) is 6.10 Å². The molecule has 0 bridgehead atoms. The summed E-state index contributed by atoms with van der Waals surface area (Å²) in [5.74, 6) is -0.856. The van der Waals surface area contributed by atoms with Gasteiger partial charge in [0.25, 0.3) is 0 Å². The fourth-order valence-electron chi connectivity index (χ4n) is 2.11. The van der Waals surface area contributed by atoms with Crippen molar-refractivity contribution < 1.29 is 14.6 Å². The lowest BCUT2D eigenvalue weighted by Crippen LogP contribution is -2.30. The number of nitrogens with zero attached hydrogens (tertiary/aromatic N) is 2. The predicted octanol–water partition coefficient (Wildman–Crippen LogP) is 0.184. The maximum Gasteiger partial charge on any atom is 0.332 e. The van der Waals surface area contributed by atoms with Gasteiger partial charge >= 0.3 is 5.97 Å². The van der Waals surface area contributed by atoms with E-state index >= 15 is 0 Å². The van der Waals surface area contributed by atoms with Crippen molar-refractivity contribution in [2.45, 2.75) is 31.5 Å². The minimum absolute atomic E-state index is 0.0230. The number of carboxylic acid groups (broad SMARTS) is 1. The zero-order chi connectivity index (χ0) is 13.0. The normalized spacial score (nSPS) is 23.4. The van der Waals surface area contributed by atoms with Gasteiger partial charge in [0.1, 0.15) is 0 Å². The van der Waals surface area contributed by atoms with E-state index in [9.17, 15) is 4.79 Å². The zero-order valence-electron chi connectivity index (χ0n) is 10.5. The minimum atomic E-state index is -0.856. The highest BCUT2D eigenvalue weighted by Gasteiger charge is 2.29. The molecule has 0 radical (unpaired) electrons. The van der Waals surface area contributed by atoms with E-state index in [0.29, 0.717) is 13.0 Å². The van der Waals surface area contributed by atoms with E-state index < -0.39 is 12.1 Å². The number of aliphatic carboxylic acids is 1. The van der Waals surface area contributed by atoms with Crippen LogP contribution in [0.2, 0.25) is 0 Å². The molecule has 0 aromatic carbocycles. The quantitative estimate of drug-likeness (QED) is 0.707. The molecule has 18 heavy (non-hydrogen) atoms. The molecule has 2 atom stereocenters. The lowest BCUT2D eigenvalue weighted by molar-refractivity contribution is -0.149. The average molecular weight is 253 g/mol. The molecule has 2 N–H and O–H groups in total. The summed E-state index contributed by atoms with van der Waals surface area (Å²) >= 11 is 0. The molecule has 100 valence electrons. The standard InChI is InChI=1S/C12H19N3O3/c1-15-7-5-9(14-15)4-6-13-8-10-2-3-11(18-10)12(16)17/h5,7,10-11,13H,2-4,6,8H2,1H3,(H,16,17). The Bertz CT molecular complexity index is 405. The predicted molar refractivity (Wildman–Crippen MR) is 65.3 cm³/mol. The summed E-state index contributed by atoms with van der Waals surface area (Å²) < 4.78 is 7.18. The van der Waals surface area contributed by atoms with Gasteiger partial charge in [-0.1, -0.05) is 0 Å². The van der Waals surface area contributed by atoms with E-state index in [0.717, 1.165) is 25.1 Å². The largest absolute Gasteiger partial charge is 0.479 e. The molecule has 1 fully saturated rings. The summed E-state index contributed by atoms with van der Waals surface area (Å²) in [5, 5.41) is 16.4. The van der Waals surface area contributed by atoms with E-state index in [1.807, 2.05) is 19.3 Å². The number of nitrogens with one attached hydrogen (secondary N) is 1. The molecule has 1 aromatic rings. The summed E-state index contributed by atoms with van der Waals surface area (Å²) in [4.78, 5) is 10.7. The topological polar surface area (TPSA) is 76.4 Å². The van der Waals surface area contributed by atoms with Gasteiger partial charge in [-0.25, -0.2) is 4.79 Å². The first-order chi connectivity index (χ1) is 8.65. The van der Waals surface area contributed by atoms with Crippen molar-refractivity contribution in [2.24, 2.45) is 7.05 Å². The van der Waals surface area contributed by atoms with Crippen LogP contribution in [0.15, 0.2) is 12.3 Å². The number of rotatable bonds is 6. The van der Waals surface area contributed by atoms with Gasteiger partial charge in [-0.05, 0) is 18.9 Å². The highest BCUT2D eigenvalue weighted by atomic mass is 16.5. The van der Waals surface area contributed by atoms with Crippen molar-refractivity contribution in [2.75, 3.05) is 13.1 Å². The van der Waals surface area contributed by atoms with E-state index in [2.05, 4.69) is 10.4 Å². The first-order valence-electron chi connectivity index (χ1n) is 6.22. The average Bonchev–Trinajstić information content (AvgIpc) is 2.93. The third-order valence-electron chi connectivity index (χ3n) is 3.08. The summed E-state index contributed by atoms with van der Waals surface area (Å²) in [6.45, 7) is 1.53. The van der Waals surface area contributed by atoms with Gasteiger partial charge in [0.2, 0.25) is 0 Å². The van der Waals surface area contributed by atoms with Crippen LogP contribution in [0, 0.1) is 0 Å². The van der Waals surface area contributed by atoms with Gasteiger partial charge in [-0.2, -0.15) is 5.10 Å². The fourth-order valence-corrected chi connectivity index (χ4v) is 2.11. The van der Waals surface area contributed by atoms with Gasteiger partial charge in [0.05, 0.1) is 11.8 Å². The first-order valence-corrected chi connectivity index (χ1v) is 6.22. The molecule has 6 nitrogen and oxygen atoms in total. The van der Waals surface area contributed by atoms with Crippen molar-refractivity contribution in [1.82, 2.24) is 15.1 Å². The van der Waals surface area contributed by atoms with E-state index in [4.69, 9.17) is 9.84 Å². The van der Waals surface area contributed by atoms with Gasteiger partial charge in [-0.15, -0.1) is 0 Å². The summed E-state index contributed by atoms with van der Waals surface area (Å²) in [6.07, 6.45) is 3.63. The second kappa shape index (κ2) is 5.97. The molecular formula is C12H19N3O3. The Balaban J connectivity index is 1.60. The maximum absolute atomic E-state index is 10.7. The smallest absolute Gasteiger partial charge is 0.332 e. The van der Waals surface area contributed by atoms with Crippen LogP contribution in [0.5, 0.6) is 0 Å². The molecule has 6 heteroatoms. The molecule has 0 saturated carbocycles. The Morgan fingerprint density at radius 3 is 3.11 bits per heavy atom. The molecule has 0 aliphatic carbocycles. The highest BCUT2D eigenvalue weighted by Crippen LogP contribution is 2.19. The number of hydrogen-bond acceptors (Lipinski definition) is 4. The molecule has 1 aromatic heterocycles. The number of carboxylic acids is 1. The molecule has 1 saturated heterocycles. The second-order valence-electron chi connectivity index (χ2n) is 4.60. The lowest BCUT2D eigenvalue weighted by Gasteiger charge is -2.11. The molecule has 0 spiro atoms. The number of hydrogen-bond donors (Lipinski definition) is 2. The van der Waals surface area contributed by atoms with Gasteiger partial charge in [0.15, 0.2) is 6.10 Å². The first kappa shape index (κ1) is 13.0. The molecule has 2 heterocycles. The van der Waals surface area contributed by atoms with Crippen LogP contribution in [-0.2, 0) is 23.0 Å². The Labute approximate surface area is 106 Å². The van der Waals surface area contributed by atoms with Crippen LogP contribution in [0.25, 0.3) is 0 Å². The number of ether oxygens (including phenoxy) is 1. The maximum atomic E-state index is 10.7. The van der Waals surface area contributed by atoms with Crippen molar-refractivity contribution >= 4 is 5.97 Å². The van der Waals surface area contributed by atoms with Crippen LogP contribution in [0.4, 0.5) is 0 Å². The number of aryl methyl sites for hydroxylation is 1. The third kappa shape index (κ3) is 3.54. The zero-order valence-corrected chi connectivity index (χ0v) is 10.5. The Hall–Kier alpha value is -1.40. The van der Waals surface area contributed by atoms with Crippen LogP contribution in [0.1, 0.15) is 18.5 Å². The van der Waals surface area contributed by atoms with Crippen LogP contribution in [0.3, 0.4) is 0 Å². The lowest BCUT2D eigenvalue weighted by atomic mass is 10.2. The molecule has 1 aliphatic rings. The van der Waals surface area contributed by atoms with Crippen LogP contribution in [-0.4, -0.2) is 46.2 Å². The SMILES string of the molecule is Cn1ccc(CCNCC2CCC(C(=O)O)O2)n1. The minimum Gasteiger partial charge on any atom is -0.479 e. The van der Waals surface area contributed by atoms with E-state index in [1.165, 1.54) is 0 Å². The van der Waals surface area contributed by atoms with Crippen LogP contribution < -0.4 is 5.32 Å². The second-order valence-corrected chi connectivity index (χ2v) is 4.60. The number of carbonyl (C=O) groups is 1. The molecular weight excluding hydrogens is 234 g/mol. The van der Waals surface area contributed by atoms with Crippen molar-refractivity contribution in [3.63, 3.8) is 0 Å². The highest BCUT2D eigenvalue weighted by molar-refractivity contribution is 5.72. The van der Waals surface area contributed by atoms with Crippen LogP contribution >= 0.6 is 0 Å². The summed E-state index contributed by atoms with van der Waals surface area (Å²) in [7, 11) is 1.90. The fraction of sp³-hybridized carbons (Fsp3) is 0.667. The molecule has 2 rings (SSSR count). The van der Waals surface area contributed by atoms with Gasteiger partial charge in [0, 0.05) is 32.8 Å². The van der Waals surface area contributed by atoms with Crippen molar-refractivity contribution in [1.29, 1.82) is 0 Å². The molecule has 2 unspecified atom stereocenters. The Morgan fingerprint density at radius 2 is 2.50 bits per heavy atom. The summed E-state index contributed by atoms with van der Waals surface area (Å²) in [5.41, 5.74) is 1.06. The monoisotopic (exact) mass is 253 g/mol. The summed E-state index contributed by atoms with van der Waals surface area (Å²) in [6, 6.07) is 1.99. The third-order valence-corrected chi connectivity index (χ3v) is 3.08. The van der Waals surface area contributed by atoms with Gasteiger partial charge in [-0.3, -0.25) is 4.68 Å².